The molecule has 0 aliphatic heterocycles. The molecule has 146 valence electrons. The number of nitrogens with zero attached hydrogens (tertiary/aromatic N) is 1. The molecule has 0 atom stereocenters. The van der Waals surface area contributed by atoms with Crippen LogP contribution in [0, 0.1) is 0 Å². The van der Waals surface area contributed by atoms with Crippen LogP contribution in [-0.2, 0) is 11.2 Å². The number of benzene rings is 2. The van der Waals surface area contributed by atoms with Gasteiger partial charge in [0.15, 0.2) is 18.1 Å². The lowest BCUT2D eigenvalue weighted by molar-refractivity contribution is -0.139. The number of nitrogens with one attached hydrogen (secondary N) is 1. The van der Waals surface area contributed by atoms with Gasteiger partial charge in [-0.05, 0) is 36.2 Å². The van der Waals surface area contributed by atoms with Crippen molar-refractivity contribution in [1.29, 1.82) is 0 Å². The summed E-state index contributed by atoms with van der Waals surface area (Å²) < 4.78 is 10.6. The number of allylic oxidation sites excluding steroid dienone is 1. The molecule has 0 fully saturated rings. The number of aliphatic carboxylic acids is 1. The predicted octanol–water partition coefficient (Wildman–Crippen LogP) is 2.36. The Morgan fingerprint density at radius 2 is 2.04 bits per heavy atom. The molecule has 2 rings (SSSR count). The molecule has 2 aromatic rings. The molecule has 0 aromatic heterocycles. The molecule has 2 aromatic carbocycles. The number of phenols is 1. The Balaban J connectivity index is 2.22. The summed E-state index contributed by atoms with van der Waals surface area (Å²) in [5.74, 6) is -1.18. The van der Waals surface area contributed by atoms with E-state index in [4.69, 9.17) is 14.6 Å². The number of methoxy groups -OCH3 is 1. The molecule has 0 radical (unpaired) electrons. The summed E-state index contributed by atoms with van der Waals surface area (Å²) in [6, 6.07) is 9.43. The molecule has 0 bridgehead atoms. The minimum Gasteiger partial charge on any atom is -0.507 e. The third-order valence-electron chi connectivity index (χ3n) is 3.61. The second kappa shape index (κ2) is 9.77. The van der Waals surface area contributed by atoms with E-state index in [9.17, 15) is 14.7 Å². The first-order valence-electron chi connectivity index (χ1n) is 8.24. The van der Waals surface area contributed by atoms with Crippen molar-refractivity contribution in [3.63, 3.8) is 0 Å². The highest BCUT2D eigenvalue weighted by Gasteiger charge is 2.14. The lowest BCUT2D eigenvalue weighted by Gasteiger charge is -2.14. The Morgan fingerprint density at radius 1 is 1.29 bits per heavy atom. The van der Waals surface area contributed by atoms with Crippen molar-refractivity contribution in [2.24, 2.45) is 5.10 Å². The van der Waals surface area contributed by atoms with Crippen LogP contribution in [-0.4, -0.2) is 42.0 Å². The summed E-state index contributed by atoms with van der Waals surface area (Å²) >= 11 is 0. The first-order valence-corrected chi connectivity index (χ1v) is 8.24. The van der Waals surface area contributed by atoms with Gasteiger partial charge < -0.3 is 19.7 Å². The summed E-state index contributed by atoms with van der Waals surface area (Å²) in [7, 11) is 1.43. The number of carboxylic acids is 1. The molecule has 0 spiro atoms. The second-order valence-corrected chi connectivity index (χ2v) is 5.60. The first kappa shape index (κ1) is 20.5. The fourth-order valence-corrected chi connectivity index (χ4v) is 2.41. The fraction of sp³-hybridized carbons (Fsp3) is 0.150. The van der Waals surface area contributed by atoms with E-state index < -0.39 is 18.5 Å². The van der Waals surface area contributed by atoms with Crippen LogP contribution in [0.25, 0.3) is 0 Å². The lowest BCUT2D eigenvalue weighted by Crippen LogP contribution is -2.17. The molecule has 0 aliphatic carbocycles. The molecule has 0 unspecified atom stereocenters. The Bertz CT molecular complexity index is 908. The van der Waals surface area contributed by atoms with Crippen molar-refractivity contribution in [3.8, 4) is 17.2 Å². The normalized spacial score (nSPS) is 10.5. The van der Waals surface area contributed by atoms with Crippen LogP contribution < -0.4 is 14.9 Å². The largest absolute Gasteiger partial charge is 0.507 e. The smallest absolute Gasteiger partial charge is 0.341 e. The molecule has 0 heterocycles. The molecule has 8 heteroatoms. The number of aromatic hydroxyl groups is 1. The maximum absolute atomic E-state index is 12.1. The van der Waals surface area contributed by atoms with Gasteiger partial charge in [0.05, 0.1) is 18.9 Å². The Kier molecular flexibility index (Phi) is 7.15. The highest BCUT2D eigenvalue weighted by Crippen LogP contribution is 2.33. The van der Waals surface area contributed by atoms with Gasteiger partial charge >= 0.3 is 5.97 Å². The number of phenolic OH excluding ortho intramolecular Hbond substituents is 1. The average molecular weight is 384 g/mol. The molecule has 0 saturated heterocycles. The number of ether oxygens (including phenoxy) is 2. The standard InChI is InChI=1S/C20H20N2O6/c1-3-6-14-9-13(10-17(27-2)19(14)28-12-18(24)25)11-21-22-20(26)15-7-4-5-8-16(15)23/h3-5,7-11,23H,1,6,12H2,2H3,(H,22,26)(H,24,25)/b21-11+. The Hall–Kier alpha value is -3.81. The molecule has 0 saturated carbocycles. The zero-order valence-corrected chi connectivity index (χ0v) is 15.2. The van der Waals surface area contributed by atoms with E-state index in [1.165, 1.54) is 25.5 Å². The predicted molar refractivity (Wildman–Crippen MR) is 103 cm³/mol. The van der Waals surface area contributed by atoms with E-state index in [1.54, 1.807) is 30.3 Å². The molecule has 0 aliphatic rings. The fourth-order valence-electron chi connectivity index (χ4n) is 2.41. The van der Waals surface area contributed by atoms with E-state index in [0.717, 1.165) is 0 Å². The number of hydrogen-bond donors (Lipinski definition) is 3. The number of para-hydroxylation sites is 1. The second-order valence-electron chi connectivity index (χ2n) is 5.60. The molecule has 8 nitrogen and oxygen atoms in total. The maximum atomic E-state index is 12.1. The van der Waals surface area contributed by atoms with E-state index in [-0.39, 0.29) is 11.3 Å². The number of hydrazone groups is 1. The van der Waals surface area contributed by atoms with E-state index in [2.05, 4.69) is 17.1 Å². The number of rotatable bonds is 9. The highest BCUT2D eigenvalue weighted by atomic mass is 16.5. The van der Waals surface area contributed by atoms with Gasteiger partial charge in [0.1, 0.15) is 5.75 Å². The number of amides is 1. The zero-order valence-electron chi connectivity index (χ0n) is 15.2. The van der Waals surface area contributed by atoms with Crippen molar-refractivity contribution in [1.82, 2.24) is 5.43 Å². The first-order chi connectivity index (χ1) is 13.5. The van der Waals surface area contributed by atoms with E-state index in [0.29, 0.717) is 29.0 Å². The van der Waals surface area contributed by atoms with Crippen molar-refractivity contribution in [2.45, 2.75) is 6.42 Å². The van der Waals surface area contributed by atoms with Crippen molar-refractivity contribution >= 4 is 18.1 Å². The molecule has 28 heavy (non-hydrogen) atoms. The van der Waals surface area contributed by atoms with Crippen LogP contribution in [0.2, 0.25) is 0 Å². The summed E-state index contributed by atoms with van der Waals surface area (Å²) in [4.78, 5) is 22.8. The summed E-state index contributed by atoms with van der Waals surface area (Å²) in [5, 5.41) is 22.4. The highest BCUT2D eigenvalue weighted by molar-refractivity contribution is 5.97. The topological polar surface area (TPSA) is 117 Å². The summed E-state index contributed by atoms with van der Waals surface area (Å²) in [6.45, 7) is 3.17. The van der Waals surface area contributed by atoms with Gasteiger partial charge in [-0.3, -0.25) is 4.79 Å². The quantitative estimate of drug-likeness (QED) is 0.347. The molecular formula is C20H20N2O6. The van der Waals surface area contributed by atoms with Crippen molar-refractivity contribution < 1.29 is 29.3 Å². The lowest BCUT2D eigenvalue weighted by atomic mass is 10.1. The van der Waals surface area contributed by atoms with Crippen LogP contribution >= 0.6 is 0 Å². The van der Waals surface area contributed by atoms with E-state index in [1.807, 2.05) is 0 Å². The third kappa shape index (κ3) is 5.34. The average Bonchev–Trinajstić information content (AvgIpc) is 2.67. The summed E-state index contributed by atoms with van der Waals surface area (Å²) in [6.07, 6.45) is 3.45. The van der Waals surface area contributed by atoms with Gasteiger partial charge in [-0.25, -0.2) is 10.2 Å². The van der Waals surface area contributed by atoms with Crippen molar-refractivity contribution in [2.75, 3.05) is 13.7 Å². The van der Waals surface area contributed by atoms with Gasteiger partial charge in [0, 0.05) is 5.56 Å². The van der Waals surface area contributed by atoms with Gasteiger partial charge in [-0.1, -0.05) is 18.2 Å². The maximum Gasteiger partial charge on any atom is 0.341 e. The number of hydrogen-bond acceptors (Lipinski definition) is 6. The number of carbonyl (C=O) groups excluding carboxylic acids is 1. The molecular weight excluding hydrogens is 364 g/mol. The number of carbonyl (C=O) groups is 2. The van der Waals surface area contributed by atoms with Crippen LogP contribution in [0.5, 0.6) is 17.2 Å². The van der Waals surface area contributed by atoms with Gasteiger partial charge in [-0.2, -0.15) is 5.10 Å². The van der Waals surface area contributed by atoms with Crippen LogP contribution in [0.4, 0.5) is 0 Å². The monoisotopic (exact) mass is 384 g/mol. The van der Waals surface area contributed by atoms with Gasteiger partial charge in [-0.15, -0.1) is 6.58 Å². The SMILES string of the molecule is C=CCc1cc(/C=N/NC(=O)c2ccccc2O)cc(OC)c1OCC(=O)O. The zero-order chi connectivity index (χ0) is 20.5. The van der Waals surface area contributed by atoms with Crippen molar-refractivity contribution in [3.05, 3.63) is 65.7 Å². The Labute approximate surface area is 161 Å². The molecule has 1 amide bonds. The summed E-state index contributed by atoms with van der Waals surface area (Å²) in [5.41, 5.74) is 3.68. The third-order valence-corrected chi connectivity index (χ3v) is 3.61. The van der Waals surface area contributed by atoms with Gasteiger partial charge in [0.25, 0.3) is 5.91 Å². The van der Waals surface area contributed by atoms with E-state index >= 15 is 0 Å². The molecule has 3 N–H and O–H groups in total. The minimum absolute atomic E-state index is 0.0991. The Morgan fingerprint density at radius 3 is 2.68 bits per heavy atom. The van der Waals surface area contributed by atoms with Crippen LogP contribution in [0.1, 0.15) is 21.5 Å². The van der Waals surface area contributed by atoms with Crippen LogP contribution in [0.15, 0.2) is 54.2 Å². The van der Waals surface area contributed by atoms with Crippen LogP contribution in [0.3, 0.4) is 0 Å². The minimum atomic E-state index is -1.11. The van der Waals surface area contributed by atoms with Gasteiger partial charge in [0.2, 0.25) is 0 Å². The number of carboxylic acid groups (broad SMARTS) is 1.